The molecule has 1 aliphatic carbocycles. The smallest absolute Gasteiger partial charge is 0.344 e. The number of piperidine rings is 2. The van der Waals surface area contributed by atoms with Crippen molar-refractivity contribution in [2.45, 2.75) is 90.0 Å². The van der Waals surface area contributed by atoms with Gasteiger partial charge in [-0.15, -0.1) is 0 Å². The highest BCUT2D eigenvalue weighted by molar-refractivity contribution is 7.87. The van der Waals surface area contributed by atoms with E-state index in [2.05, 4.69) is 33.7 Å². The van der Waals surface area contributed by atoms with Crippen LogP contribution in [0.1, 0.15) is 75.0 Å². The minimum atomic E-state index is -4.03. The van der Waals surface area contributed by atoms with Crippen molar-refractivity contribution < 1.29 is 21.9 Å². The van der Waals surface area contributed by atoms with Crippen LogP contribution in [-0.2, 0) is 23.0 Å². The van der Waals surface area contributed by atoms with Crippen LogP contribution in [-0.4, -0.2) is 79.6 Å². The molecule has 2 aromatic rings. The number of benzene rings is 1. The fourth-order valence-electron chi connectivity index (χ4n) is 6.83. The number of nitrogens with zero attached hydrogens (tertiary/aromatic N) is 4. The van der Waals surface area contributed by atoms with Crippen molar-refractivity contribution >= 4 is 16.1 Å². The van der Waals surface area contributed by atoms with Gasteiger partial charge in [-0.1, -0.05) is 25.1 Å². The fourth-order valence-corrected chi connectivity index (χ4v) is 8.05. The van der Waals surface area contributed by atoms with E-state index in [-0.39, 0.29) is 16.7 Å². The van der Waals surface area contributed by atoms with E-state index in [1.165, 1.54) is 5.56 Å². The molecule has 3 heterocycles. The Morgan fingerprint density at radius 3 is 2.37 bits per heavy atom. The lowest BCUT2D eigenvalue weighted by atomic mass is 9.86. The van der Waals surface area contributed by atoms with Crippen molar-refractivity contribution in [3.8, 4) is 5.75 Å². The minimum Gasteiger partial charge on any atom is -0.379 e. The van der Waals surface area contributed by atoms with Gasteiger partial charge in [0.15, 0.2) is 10.7 Å². The number of amides is 2. The SMILES string of the molecule is CCCN(CC1CCN(C(=O)N2CCC(C)CC2)CC1)C1CCc2ccc(OS(=O)(=O)c3c(C)noc3C)cc2C1. The van der Waals surface area contributed by atoms with Gasteiger partial charge in [0.2, 0.25) is 0 Å². The van der Waals surface area contributed by atoms with Crippen LogP contribution in [0.3, 0.4) is 0 Å². The number of carbonyl (C=O) groups is 1. The van der Waals surface area contributed by atoms with Crippen LogP contribution in [0.25, 0.3) is 0 Å². The Hall–Kier alpha value is -2.59. The molecule has 5 rings (SSSR count). The summed E-state index contributed by atoms with van der Waals surface area (Å²) in [6.45, 7) is 13.3. The zero-order valence-corrected chi connectivity index (χ0v) is 25.9. The Balaban J connectivity index is 1.19. The molecule has 10 heteroatoms. The maximum Gasteiger partial charge on any atom is 0.344 e. The molecule has 41 heavy (non-hydrogen) atoms. The summed E-state index contributed by atoms with van der Waals surface area (Å²) in [5.41, 5.74) is 2.72. The van der Waals surface area contributed by atoms with Crippen LogP contribution in [0.2, 0.25) is 0 Å². The number of likely N-dealkylation sites (tertiary alicyclic amines) is 2. The van der Waals surface area contributed by atoms with Gasteiger partial charge in [-0.3, -0.25) is 4.90 Å². The van der Waals surface area contributed by atoms with Crippen LogP contribution in [0.15, 0.2) is 27.6 Å². The molecular weight excluding hydrogens is 540 g/mol. The maximum atomic E-state index is 13.1. The monoisotopic (exact) mass is 586 g/mol. The molecule has 0 saturated carbocycles. The van der Waals surface area contributed by atoms with E-state index in [0.717, 1.165) is 102 Å². The summed E-state index contributed by atoms with van der Waals surface area (Å²) in [6, 6.07) is 6.29. The molecule has 2 saturated heterocycles. The van der Waals surface area contributed by atoms with E-state index in [1.54, 1.807) is 19.9 Å². The highest BCUT2D eigenvalue weighted by atomic mass is 32.2. The second-order valence-corrected chi connectivity index (χ2v) is 13.9. The van der Waals surface area contributed by atoms with Gasteiger partial charge in [-0.05, 0) is 107 Å². The lowest BCUT2D eigenvalue weighted by molar-refractivity contribution is 0.0969. The molecule has 0 N–H and O–H groups in total. The van der Waals surface area contributed by atoms with Crippen molar-refractivity contribution in [3.63, 3.8) is 0 Å². The number of hydrogen-bond donors (Lipinski definition) is 0. The van der Waals surface area contributed by atoms with E-state index in [4.69, 9.17) is 8.71 Å². The normalized spacial score (nSPS) is 20.9. The Morgan fingerprint density at radius 1 is 1.05 bits per heavy atom. The van der Waals surface area contributed by atoms with Crippen LogP contribution >= 0.6 is 0 Å². The first-order valence-electron chi connectivity index (χ1n) is 15.4. The number of aryl methyl sites for hydroxylation is 3. The van der Waals surface area contributed by atoms with E-state index >= 15 is 0 Å². The Morgan fingerprint density at radius 2 is 1.73 bits per heavy atom. The highest BCUT2D eigenvalue weighted by Crippen LogP contribution is 2.32. The van der Waals surface area contributed by atoms with Gasteiger partial charge in [0.25, 0.3) is 0 Å². The third-order valence-electron chi connectivity index (χ3n) is 9.26. The molecule has 0 spiro atoms. The van der Waals surface area contributed by atoms with Gasteiger partial charge in [0, 0.05) is 38.8 Å². The molecule has 2 fully saturated rings. The molecule has 1 aromatic heterocycles. The summed E-state index contributed by atoms with van der Waals surface area (Å²) in [5, 5.41) is 3.76. The number of carbonyl (C=O) groups excluding carboxylic acids is 1. The predicted octanol–water partition coefficient (Wildman–Crippen LogP) is 5.19. The fraction of sp³-hybridized carbons (Fsp3) is 0.677. The summed E-state index contributed by atoms with van der Waals surface area (Å²) in [6.07, 6.45) is 8.37. The summed E-state index contributed by atoms with van der Waals surface area (Å²) < 4.78 is 36.5. The molecule has 2 amide bonds. The molecular formula is C31H46N4O5S. The number of hydrogen-bond acceptors (Lipinski definition) is 7. The van der Waals surface area contributed by atoms with Gasteiger partial charge in [0.1, 0.15) is 11.4 Å². The minimum absolute atomic E-state index is 0.000456. The number of fused-ring (bicyclic) bond motifs is 1. The van der Waals surface area contributed by atoms with Crippen molar-refractivity contribution in [2.75, 3.05) is 39.3 Å². The molecule has 9 nitrogen and oxygen atoms in total. The number of urea groups is 1. The van der Waals surface area contributed by atoms with Crippen LogP contribution in [0, 0.1) is 25.7 Å². The van der Waals surface area contributed by atoms with Crippen LogP contribution < -0.4 is 4.18 Å². The quantitative estimate of drug-likeness (QED) is 0.393. The third-order valence-corrected chi connectivity index (χ3v) is 10.8. The van der Waals surface area contributed by atoms with Crippen molar-refractivity contribution in [3.05, 3.63) is 40.8 Å². The predicted molar refractivity (Wildman–Crippen MR) is 158 cm³/mol. The van der Waals surface area contributed by atoms with Crippen LogP contribution in [0.4, 0.5) is 4.79 Å². The Kier molecular flexibility index (Phi) is 9.28. The second kappa shape index (κ2) is 12.7. The van der Waals surface area contributed by atoms with E-state index in [0.29, 0.717) is 23.4 Å². The molecule has 1 aromatic carbocycles. The van der Waals surface area contributed by atoms with E-state index < -0.39 is 10.1 Å². The third kappa shape index (κ3) is 6.91. The summed E-state index contributed by atoms with van der Waals surface area (Å²) >= 11 is 0. The number of rotatable bonds is 8. The molecule has 0 bridgehead atoms. The first-order valence-corrected chi connectivity index (χ1v) is 16.8. The van der Waals surface area contributed by atoms with Gasteiger partial charge < -0.3 is 18.5 Å². The largest absolute Gasteiger partial charge is 0.379 e. The van der Waals surface area contributed by atoms with Crippen molar-refractivity contribution in [2.24, 2.45) is 11.8 Å². The van der Waals surface area contributed by atoms with Gasteiger partial charge in [0.05, 0.1) is 0 Å². The molecule has 1 atom stereocenters. The average molecular weight is 587 g/mol. The zero-order valence-electron chi connectivity index (χ0n) is 25.1. The van der Waals surface area contributed by atoms with Crippen LogP contribution in [0.5, 0.6) is 5.75 Å². The van der Waals surface area contributed by atoms with E-state index in [1.807, 2.05) is 12.1 Å². The first kappa shape index (κ1) is 29.9. The van der Waals surface area contributed by atoms with E-state index in [9.17, 15) is 13.2 Å². The van der Waals surface area contributed by atoms with Gasteiger partial charge in [-0.2, -0.15) is 8.42 Å². The Labute approximate surface area is 245 Å². The van der Waals surface area contributed by atoms with Crippen molar-refractivity contribution in [1.29, 1.82) is 0 Å². The highest BCUT2D eigenvalue weighted by Gasteiger charge is 2.32. The van der Waals surface area contributed by atoms with Gasteiger partial charge >= 0.3 is 16.1 Å². The van der Waals surface area contributed by atoms with Crippen molar-refractivity contribution in [1.82, 2.24) is 19.9 Å². The zero-order chi connectivity index (χ0) is 29.1. The molecule has 0 radical (unpaired) electrons. The maximum absolute atomic E-state index is 13.1. The average Bonchev–Trinajstić information content (AvgIpc) is 3.31. The second-order valence-electron chi connectivity index (χ2n) is 12.4. The standard InChI is InChI=1S/C31H46N4O5S/c1-5-14-35(21-25-12-17-34(18-13-25)31(36)33-15-10-22(2)11-16-33)28-8-6-26-7-9-29(20-27(26)19-28)40-41(37,38)30-23(3)32-39-24(30)4/h7,9,20,22,25,28H,5-6,8,10-19,21H2,1-4H3. The lowest BCUT2D eigenvalue weighted by Crippen LogP contribution is -2.50. The topological polar surface area (TPSA) is 96.2 Å². The lowest BCUT2D eigenvalue weighted by Gasteiger charge is -2.41. The summed E-state index contributed by atoms with van der Waals surface area (Å²) in [5.74, 6) is 1.86. The molecule has 226 valence electrons. The Bertz CT molecular complexity index is 1290. The molecule has 3 aliphatic rings. The number of aromatic nitrogens is 1. The van der Waals surface area contributed by atoms with Gasteiger partial charge in [-0.25, -0.2) is 4.79 Å². The molecule has 1 unspecified atom stereocenters. The summed E-state index contributed by atoms with van der Waals surface area (Å²) in [7, 11) is -4.03. The summed E-state index contributed by atoms with van der Waals surface area (Å²) in [4.78, 5) is 19.8. The first-order chi connectivity index (χ1) is 19.6. The molecule has 2 aliphatic heterocycles.